The number of carbonyl (C=O) groups is 13. The summed E-state index contributed by atoms with van der Waals surface area (Å²) in [4.78, 5) is 213. The van der Waals surface area contributed by atoms with Crippen LogP contribution in [0.1, 0.15) is 98.1 Å². The second-order valence-corrected chi connectivity index (χ2v) is 26.1. The van der Waals surface area contributed by atoms with Crippen LogP contribution in [0, 0.1) is 0 Å². The first-order valence-corrected chi connectivity index (χ1v) is 36.0. The molecule has 0 saturated carbocycles. The first kappa shape index (κ1) is 88.2. The van der Waals surface area contributed by atoms with E-state index >= 15 is 0 Å². The number of amides is 11. The first-order valence-electron chi connectivity index (χ1n) is 36.0. The minimum absolute atomic E-state index is 0.0365. The number of carboxylic acids is 2. The van der Waals surface area contributed by atoms with E-state index in [0.29, 0.717) is 36.9 Å². The van der Waals surface area contributed by atoms with Gasteiger partial charge in [0.15, 0.2) is 5.96 Å². The van der Waals surface area contributed by atoms with Crippen molar-refractivity contribution in [1.82, 2.24) is 98.4 Å². The SMILES string of the molecule is NCCCC[C@H](NC(=O)[C@H](CCC(=O)O)NC(=O)[C@H](Cc1c[nH]cn1)NC(=O)[C@H](Cc1ccccc1)NC(=O)[C@@H](N)CCCCN)C(=O)N[C@@H](Cc1c[nH]cn1)C(=O)N[C@@H](Cc1c[nH]cn1)C(=O)N[C@@H](CO)C(=O)N[C@@H](Cc1c[nH]cn1)C(=O)N[C@@H](CCCN=C(N)N)C(=O)NCC(=O)N[C@@H](Cc1ccc(O)cc1)C(=O)O. The zero-order chi connectivity index (χ0) is 81.5. The molecular formula is C70H99N25O17. The highest BCUT2D eigenvalue weighted by molar-refractivity contribution is 5.99. The standard InChI is InChI=1S/C70H99N25O17/c71-20-6-4-11-46(73)59(101)90-50(23-39-9-2-1-3-10-39)63(105)92-51(25-41-29-76-35-82-41)65(107)89-49(18-19-58(99)100)62(104)88-48(12-5-7-21-72)61(103)91-53(27-43-31-78-37-84-43)66(108)93-54(28-44-32-79-38-85-44)67(109)95-56(34-96)68(110)94-52(26-42-30-77-36-83-42)64(106)87-47(13-8-22-80-70(74)75)60(102)81-33-57(98)86-55(69(111)112)24-40-14-16-45(97)17-15-40/h1-3,9-10,14-17,29-32,35-38,46-56,96-97H,4-8,11-13,18-28,33-34,71-73H2,(H,76,82)(H,77,83)(H,78,84)(H,79,85)(H,81,102)(H,86,98)(H,87,106)(H,88,104)(H,89,107)(H,90,101)(H,91,103)(H,92,105)(H,93,108)(H,94,110)(H,95,109)(H,99,100)(H,111,112)(H4,74,75,80)/t46-,47-,48-,49-,50-,51-,52-,53-,54-,55-,56-/m0/s1. The summed E-state index contributed by atoms with van der Waals surface area (Å²) in [5.41, 5.74) is 30.6. The van der Waals surface area contributed by atoms with Crippen LogP contribution in [0.5, 0.6) is 5.75 Å². The minimum Gasteiger partial charge on any atom is -0.508 e. The predicted octanol–water partition coefficient (Wildman–Crippen LogP) is -6.41. The van der Waals surface area contributed by atoms with Crippen molar-refractivity contribution in [3.63, 3.8) is 0 Å². The topological polar surface area (TPSA) is 692 Å². The summed E-state index contributed by atoms with van der Waals surface area (Å²) in [6, 6.07) is -2.76. The molecule has 0 radical (unpaired) electrons. The van der Waals surface area contributed by atoms with Crippen LogP contribution in [-0.4, -0.2) is 242 Å². The number of phenols is 1. The lowest BCUT2D eigenvalue weighted by atomic mass is 10.0. The fourth-order valence-corrected chi connectivity index (χ4v) is 11.3. The molecule has 0 bridgehead atoms. The molecule has 0 aliphatic carbocycles. The lowest BCUT2D eigenvalue weighted by molar-refractivity contribution is -0.141. The van der Waals surface area contributed by atoms with Crippen molar-refractivity contribution in [3.8, 4) is 5.75 Å². The number of imidazole rings is 4. The Hall–Kier alpha value is -12.7. The Bertz CT molecular complexity index is 4020. The Labute approximate surface area is 641 Å². The van der Waals surface area contributed by atoms with E-state index < -0.39 is 176 Å². The number of aliphatic hydroxyl groups is 1. The Morgan fingerprint density at radius 3 is 1.19 bits per heavy atom. The number of phenolic OH excluding ortho intramolecular Hbond substituents is 1. The number of hydrogen-bond acceptors (Lipinski definition) is 23. The summed E-state index contributed by atoms with van der Waals surface area (Å²) in [6.45, 7) is -1.44. The highest BCUT2D eigenvalue weighted by atomic mass is 16.4. The van der Waals surface area contributed by atoms with Crippen LogP contribution in [0.15, 0.2) is 110 Å². The molecule has 6 aromatic rings. The van der Waals surface area contributed by atoms with Gasteiger partial charge in [0.1, 0.15) is 66.2 Å². The molecule has 112 heavy (non-hydrogen) atoms. The number of nitrogens with zero attached hydrogens (tertiary/aromatic N) is 5. The Morgan fingerprint density at radius 1 is 0.411 bits per heavy atom. The summed E-state index contributed by atoms with van der Waals surface area (Å²) in [6.07, 6.45) is 9.36. The molecule has 0 aliphatic heterocycles. The molecule has 42 nitrogen and oxygen atoms in total. The number of aliphatic hydroxyl groups excluding tert-OH is 1. The zero-order valence-electron chi connectivity index (χ0n) is 61.2. The highest BCUT2D eigenvalue weighted by Crippen LogP contribution is 2.15. The van der Waals surface area contributed by atoms with Crippen molar-refractivity contribution in [3.05, 3.63) is 139 Å². The van der Waals surface area contributed by atoms with Gasteiger partial charge in [-0.2, -0.15) is 0 Å². The number of rotatable bonds is 51. The first-order chi connectivity index (χ1) is 53.7. The number of nitrogens with one attached hydrogen (secondary N) is 15. The van der Waals surface area contributed by atoms with Crippen LogP contribution >= 0.6 is 0 Å². The Morgan fingerprint density at radius 2 is 0.777 bits per heavy atom. The number of carbonyl (C=O) groups excluding carboxylic acids is 11. The molecule has 2 aromatic carbocycles. The molecule has 42 heteroatoms. The maximum Gasteiger partial charge on any atom is 0.326 e. The van der Waals surface area contributed by atoms with Crippen molar-refractivity contribution < 1.29 is 82.8 Å². The summed E-state index contributed by atoms with van der Waals surface area (Å²) in [5, 5.41) is 67.9. The lowest BCUT2D eigenvalue weighted by Crippen LogP contribution is -2.61. The van der Waals surface area contributed by atoms with Crippen LogP contribution in [0.2, 0.25) is 0 Å². The number of guanidine groups is 1. The summed E-state index contributed by atoms with van der Waals surface area (Å²) >= 11 is 0. The number of nitrogens with two attached hydrogens (primary N) is 5. The van der Waals surface area contributed by atoms with Gasteiger partial charge in [-0.05, 0) is 87.7 Å². The number of hydrogen-bond donors (Lipinski definition) is 24. The normalized spacial score (nSPS) is 14.0. The van der Waals surface area contributed by atoms with Crippen LogP contribution < -0.4 is 87.2 Å². The van der Waals surface area contributed by atoms with Crippen LogP contribution in [0.4, 0.5) is 0 Å². The van der Waals surface area contributed by atoms with Gasteiger partial charge in [-0.1, -0.05) is 48.9 Å². The fraction of sp³-hybridized carbons (Fsp3) is 0.457. The summed E-state index contributed by atoms with van der Waals surface area (Å²) in [5.74, 6) is -14.0. The number of carboxylic acid groups (broad SMARTS) is 2. The second-order valence-electron chi connectivity index (χ2n) is 26.1. The van der Waals surface area contributed by atoms with E-state index in [1.807, 2.05) is 0 Å². The average Bonchev–Trinajstić information content (AvgIpc) is 1.25. The largest absolute Gasteiger partial charge is 0.508 e. The van der Waals surface area contributed by atoms with E-state index in [9.17, 15) is 82.8 Å². The van der Waals surface area contributed by atoms with Crippen molar-refractivity contribution in [2.75, 3.05) is 32.8 Å². The van der Waals surface area contributed by atoms with Gasteiger partial charge in [-0.3, -0.25) is 62.5 Å². The van der Waals surface area contributed by atoms with Gasteiger partial charge in [-0.25, -0.2) is 24.7 Å². The molecular weight excluding hydrogens is 1460 g/mol. The van der Waals surface area contributed by atoms with E-state index in [2.05, 4.69) is 103 Å². The molecule has 29 N–H and O–H groups in total. The third-order valence-electron chi connectivity index (χ3n) is 17.3. The maximum absolute atomic E-state index is 14.9. The van der Waals surface area contributed by atoms with Gasteiger partial charge in [-0.15, -0.1) is 0 Å². The molecule has 606 valence electrons. The number of aromatic hydroxyl groups is 1. The molecule has 0 aliphatic rings. The fourth-order valence-electron chi connectivity index (χ4n) is 11.3. The van der Waals surface area contributed by atoms with Gasteiger partial charge >= 0.3 is 11.9 Å². The van der Waals surface area contributed by atoms with Gasteiger partial charge in [0.25, 0.3) is 0 Å². The third-order valence-corrected chi connectivity index (χ3v) is 17.3. The molecule has 0 spiro atoms. The molecule has 4 aromatic heterocycles. The molecule has 11 atom stereocenters. The van der Waals surface area contributed by atoms with E-state index in [-0.39, 0.29) is 112 Å². The van der Waals surface area contributed by atoms with Gasteiger partial charge in [0, 0.05) is 76.3 Å². The van der Waals surface area contributed by atoms with E-state index in [0.717, 1.165) is 0 Å². The smallest absolute Gasteiger partial charge is 0.326 e. The van der Waals surface area contributed by atoms with E-state index in [1.54, 1.807) is 30.3 Å². The number of H-pyrrole nitrogens is 4. The molecule has 0 fully saturated rings. The highest BCUT2D eigenvalue weighted by Gasteiger charge is 2.37. The third kappa shape index (κ3) is 31.1. The van der Waals surface area contributed by atoms with Crippen molar-refractivity contribution in [2.45, 2.75) is 169 Å². The number of aliphatic carboxylic acids is 2. The van der Waals surface area contributed by atoms with Crippen molar-refractivity contribution in [1.29, 1.82) is 0 Å². The molecule has 6 rings (SSSR count). The predicted molar refractivity (Wildman–Crippen MR) is 399 cm³/mol. The molecule has 4 heterocycles. The Balaban J connectivity index is 1.20. The molecule has 0 saturated heterocycles. The van der Waals surface area contributed by atoms with Gasteiger partial charge in [0.2, 0.25) is 65.0 Å². The maximum atomic E-state index is 14.9. The van der Waals surface area contributed by atoms with Crippen LogP contribution in [-0.2, 0) is 101 Å². The summed E-state index contributed by atoms with van der Waals surface area (Å²) in [7, 11) is 0. The second kappa shape index (κ2) is 46.6. The Kier molecular flexibility index (Phi) is 36.7. The monoisotopic (exact) mass is 1560 g/mol. The number of aromatic amines is 4. The average molecular weight is 1560 g/mol. The van der Waals surface area contributed by atoms with E-state index in [4.69, 9.17) is 28.7 Å². The van der Waals surface area contributed by atoms with Crippen LogP contribution in [0.25, 0.3) is 0 Å². The van der Waals surface area contributed by atoms with Crippen LogP contribution in [0.3, 0.4) is 0 Å². The minimum atomic E-state index is -1.90. The summed E-state index contributed by atoms with van der Waals surface area (Å²) < 4.78 is 0. The van der Waals surface area contributed by atoms with Gasteiger partial charge < -0.3 is 128 Å². The zero-order valence-corrected chi connectivity index (χ0v) is 61.2. The number of aliphatic imine (C=N–C) groups is 1. The van der Waals surface area contributed by atoms with E-state index in [1.165, 1.54) is 74.4 Å². The van der Waals surface area contributed by atoms with Crippen molar-refractivity contribution in [2.24, 2.45) is 33.7 Å². The molecule has 11 amide bonds. The number of aromatic nitrogens is 8. The molecule has 0 unspecified atom stereocenters. The van der Waals surface area contributed by atoms with Gasteiger partial charge in [0.05, 0.1) is 67.3 Å². The quantitative estimate of drug-likeness (QED) is 0.00959. The number of unbranched alkanes of at least 4 members (excludes halogenated alkanes) is 2. The lowest BCUT2D eigenvalue weighted by Gasteiger charge is -2.28. The number of benzene rings is 2. The van der Waals surface area contributed by atoms with Crippen molar-refractivity contribution >= 4 is 82.9 Å².